The van der Waals surface area contributed by atoms with Gasteiger partial charge in [0.25, 0.3) is 10.0 Å². The molecule has 0 fully saturated rings. The standard InChI is InChI=1S/C14H13BrClNO4S/c1-20-13-8-12(14(21-2)7-11(13)16)17-22(18,19)10-5-3-4-9(15)6-10/h3-8,17H,1-2H3. The third-order valence-electron chi connectivity index (χ3n) is 2.82. The molecule has 2 rings (SSSR count). The lowest BCUT2D eigenvalue weighted by molar-refractivity contribution is 0.405. The molecular formula is C14H13BrClNO4S. The molecule has 0 bridgehead atoms. The third-order valence-corrected chi connectivity index (χ3v) is 4.98. The molecular weight excluding hydrogens is 394 g/mol. The predicted octanol–water partition coefficient (Wildman–Crippen LogP) is 3.92. The van der Waals surface area contributed by atoms with Gasteiger partial charge in [0.2, 0.25) is 0 Å². The molecule has 0 aromatic heterocycles. The van der Waals surface area contributed by atoms with Crippen LogP contribution in [0.4, 0.5) is 5.69 Å². The van der Waals surface area contributed by atoms with Crippen molar-refractivity contribution < 1.29 is 17.9 Å². The van der Waals surface area contributed by atoms with Crippen LogP contribution in [0.3, 0.4) is 0 Å². The maximum absolute atomic E-state index is 12.4. The minimum Gasteiger partial charge on any atom is -0.495 e. The Morgan fingerprint density at radius 1 is 1.09 bits per heavy atom. The highest BCUT2D eigenvalue weighted by molar-refractivity contribution is 9.10. The van der Waals surface area contributed by atoms with Crippen molar-refractivity contribution in [1.29, 1.82) is 0 Å². The number of hydrogen-bond acceptors (Lipinski definition) is 4. The van der Waals surface area contributed by atoms with Crippen molar-refractivity contribution in [2.24, 2.45) is 0 Å². The molecule has 22 heavy (non-hydrogen) atoms. The van der Waals surface area contributed by atoms with E-state index in [-0.39, 0.29) is 10.6 Å². The Labute approximate surface area is 142 Å². The van der Waals surface area contributed by atoms with Gasteiger partial charge < -0.3 is 9.47 Å². The van der Waals surface area contributed by atoms with Crippen LogP contribution in [-0.2, 0) is 10.0 Å². The van der Waals surface area contributed by atoms with Crippen LogP contribution >= 0.6 is 27.5 Å². The van der Waals surface area contributed by atoms with Crippen molar-refractivity contribution in [1.82, 2.24) is 0 Å². The van der Waals surface area contributed by atoms with Gasteiger partial charge in [-0.2, -0.15) is 0 Å². The Bertz CT molecular complexity index is 795. The van der Waals surface area contributed by atoms with Crippen LogP contribution in [0, 0.1) is 0 Å². The van der Waals surface area contributed by atoms with E-state index in [0.717, 1.165) is 0 Å². The monoisotopic (exact) mass is 405 g/mol. The molecule has 2 aromatic carbocycles. The van der Waals surface area contributed by atoms with E-state index in [4.69, 9.17) is 21.1 Å². The van der Waals surface area contributed by atoms with Gasteiger partial charge in [-0.3, -0.25) is 4.72 Å². The van der Waals surface area contributed by atoms with Crippen LogP contribution < -0.4 is 14.2 Å². The molecule has 0 amide bonds. The summed E-state index contributed by atoms with van der Waals surface area (Å²) in [6.45, 7) is 0. The van der Waals surface area contributed by atoms with Gasteiger partial charge in [-0.15, -0.1) is 0 Å². The molecule has 0 aliphatic rings. The molecule has 118 valence electrons. The van der Waals surface area contributed by atoms with Gasteiger partial charge in [-0.1, -0.05) is 33.6 Å². The summed E-state index contributed by atoms with van der Waals surface area (Å²) in [7, 11) is -0.895. The highest BCUT2D eigenvalue weighted by Crippen LogP contribution is 2.37. The van der Waals surface area contributed by atoms with E-state index in [1.807, 2.05) is 0 Å². The van der Waals surface area contributed by atoms with E-state index in [2.05, 4.69) is 20.7 Å². The molecule has 0 atom stereocenters. The van der Waals surface area contributed by atoms with Crippen molar-refractivity contribution in [2.75, 3.05) is 18.9 Å². The first kappa shape index (κ1) is 16.9. The number of methoxy groups -OCH3 is 2. The number of benzene rings is 2. The summed E-state index contributed by atoms with van der Waals surface area (Å²) in [4.78, 5) is 0.123. The van der Waals surface area contributed by atoms with Crippen LogP contribution in [0.25, 0.3) is 0 Å². The second-order valence-corrected chi connectivity index (χ2v) is 7.26. The zero-order valence-electron chi connectivity index (χ0n) is 11.8. The first-order valence-electron chi connectivity index (χ1n) is 6.07. The second-order valence-electron chi connectivity index (χ2n) is 4.25. The molecule has 0 spiro atoms. The minimum atomic E-state index is -3.76. The summed E-state index contributed by atoms with van der Waals surface area (Å²) >= 11 is 9.25. The average molecular weight is 407 g/mol. The highest BCUT2D eigenvalue weighted by atomic mass is 79.9. The van der Waals surface area contributed by atoms with Gasteiger partial charge in [-0.25, -0.2) is 8.42 Å². The van der Waals surface area contributed by atoms with Crippen molar-refractivity contribution >= 4 is 43.2 Å². The van der Waals surface area contributed by atoms with Gasteiger partial charge in [0.05, 0.1) is 29.8 Å². The van der Waals surface area contributed by atoms with Crippen LogP contribution in [0.5, 0.6) is 11.5 Å². The number of halogens is 2. The Morgan fingerprint density at radius 3 is 2.36 bits per heavy atom. The molecule has 0 heterocycles. The Balaban J connectivity index is 2.45. The quantitative estimate of drug-likeness (QED) is 0.817. The third kappa shape index (κ3) is 3.66. The summed E-state index contributed by atoms with van der Waals surface area (Å²) in [5, 5.41) is 0.324. The SMILES string of the molecule is COc1cc(NS(=O)(=O)c2cccc(Br)c2)c(OC)cc1Cl. The first-order valence-corrected chi connectivity index (χ1v) is 8.72. The smallest absolute Gasteiger partial charge is 0.262 e. The Morgan fingerprint density at radius 2 is 1.77 bits per heavy atom. The fourth-order valence-electron chi connectivity index (χ4n) is 1.78. The Hall–Kier alpha value is -1.44. The molecule has 0 aliphatic heterocycles. The summed E-state index contributed by atoms with van der Waals surface area (Å²) in [5.74, 6) is 0.638. The van der Waals surface area contributed by atoms with Crippen LogP contribution in [0.15, 0.2) is 45.8 Å². The molecule has 0 radical (unpaired) electrons. The zero-order chi connectivity index (χ0) is 16.3. The van der Waals surface area contributed by atoms with E-state index < -0.39 is 10.0 Å². The van der Waals surface area contributed by atoms with Crippen LogP contribution in [0.1, 0.15) is 0 Å². The van der Waals surface area contributed by atoms with Gasteiger partial charge in [0.1, 0.15) is 11.5 Å². The van der Waals surface area contributed by atoms with E-state index in [1.54, 1.807) is 12.1 Å². The van der Waals surface area contributed by atoms with E-state index in [1.165, 1.54) is 38.5 Å². The predicted molar refractivity (Wildman–Crippen MR) is 89.5 cm³/mol. The molecule has 1 N–H and O–H groups in total. The lowest BCUT2D eigenvalue weighted by atomic mass is 10.3. The van der Waals surface area contributed by atoms with Crippen LogP contribution in [0.2, 0.25) is 5.02 Å². The van der Waals surface area contributed by atoms with E-state index >= 15 is 0 Å². The summed E-state index contributed by atoms with van der Waals surface area (Å²) in [5.41, 5.74) is 0.240. The lowest BCUT2D eigenvalue weighted by Gasteiger charge is -2.14. The molecule has 0 saturated heterocycles. The summed E-state index contributed by atoms with van der Waals surface area (Å²) < 4.78 is 38.3. The number of sulfonamides is 1. The van der Waals surface area contributed by atoms with Crippen LogP contribution in [-0.4, -0.2) is 22.6 Å². The highest BCUT2D eigenvalue weighted by Gasteiger charge is 2.18. The molecule has 8 heteroatoms. The zero-order valence-corrected chi connectivity index (χ0v) is 14.9. The number of anilines is 1. The second kappa shape index (κ2) is 6.76. The normalized spacial score (nSPS) is 11.1. The average Bonchev–Trinajstić information content (AvgIpc) is 2.48. The summed E-state index contributed by atoms with van der Waals surface area (Å²) in [6.07, 6.45) is 0. The van der Waals surface area contributed by atoms with Gasteiger partial charge in [-0.05, 0) is 18.2 Å². The van der Waals surface area contributed by atoms with E-state index in [9.17, 15) is 8.42 Å². The Kier molecular flexibility index (Phi) is 5.20. The van der Waals surface area contributed by atoms with Gasteiger partial charge >= 0.3 is 0 Å². The van der Waals surface area contributed by atoms with Crippen molar-refractivity contribution in [3.05, 3.63) is 45.9 Å². The molecule has 2 aromatic rings. The van der Waals surface area contributed by atoms with Gasteiger partial charge in [0, 0.05) is 16.6 Å². The van der Waals surface area contributed by atoms with E-state index in [0.29, 0.717) is 21.0 Å². The fraction of sp³-hybridized carbons (Fsp3) is 0.143. The lowest BCUT2D eigenvalue weighted by Crippen LogP contribution is -2.13. The summed E-state index contributed by atoms with van der Waals surface area (Å²) in [6, 6.07) is 9.33. The van der Waals surface area contributed by atoms with Crippen molar-refractivity contribution in [3.8, 4) is 11.5 Å². The largest absolute Gasteiger partial charge is 0.495 e. The molecule has 0 unspecified atom stereocenters. The van der Waals surface area contributed by atoms with Crippen molar-refractivity contribution in [2.45, 2.75) is 4.90 Å². The molecule has 0 aliphatic carbocycles. The topological polar surface area (TPSA) is 64.6 Å². The number of nitrogens with one attached hydrogen (secondary N) is 1. The van der Waals surface area contributed by atoms with Gasteiger partial charge in [0.15, 0.2) is 0 Å². The van der Waals surface area contributed by atoms with Crippen molar-refractivity contribution in [3.63, 3.8) is 0 Å². The first-order chi connectivity index (χ1) is 10.4. The maximum atomic E-state index is 12.4. The minimum absolute atomic E-state index is 0.123. The molecule has 0 saturated carbocycles. The number of hydrogen-bond donors (Lipinski definition) is 1. The maximum Gasteiger partial charge on any atom is 0.262 e. The number of rotatable bonds is 5. The number of ether oxygens (including phenoxy) is 2. The fourth-order valence-corrected chi connectivity index (χ4v) is 3.67. The molecule has 5 nitrogen and oxygen atoms in total.